The number of aromatic nitrogens is 2. The van der Waals surface area contributed by atoms with Crippen molar-refractivity contribution in [3.63, 3.8) is 0 Å². The first-order chi connectivity index (χ1) is 17.8. The Balaban J connectivity index is 1.94. The molecule has 0 saturated carbocycles. The van der Waals surface area contributed by atoms with E-state index in [4.69, 9.17) is 17.3 Å². The zero-order chi connectivity index (χ0) is 26.5. The van der Waals surface area contributed by atoms with Crippen LogP contribution in [0.1, 0.15) is 34.2 Å². The van der Waals surface area contributed by atoms with Gasteiger partial charge >= 0.3 is 5.97 Å². The van der Waals surface area contributed by atoms with E-state index in [1.54, 1.807) is 36.4 Å². The summed E-state index contributed by atoms with van der Waals surface area (Å²) in [6.45, 7) is 0.393. The second-order valence-corrected chi connectivity index (χ2v) is 9.19. The van der Waals surface area contributed by atoms with Gasteiger partial charge in [0.05, 0.1) is 17.4 Å². The van der Waals surface area contributed by atoms with E-state index in [9.17, 15) is 19.5 Å². The van der Waals surface area contributed by atoms with Gasteiger partial charge in [0.15, 0.2) is 6.04 Å². The van der Waals surface area contributed by atoms with E-state index in [1.807, 2.05) is 38.2 Å². The predicted molar refractivity (Wildman–Crippen MR) is 146 cm³/mol. The number of rotatable bonds is 9. The minimum absolute atomic E-state index is 0.0615. The van der Waals surface area contributed by atoms with Gasteiger partial charge in [-0.1, -0.05) is 71.7 Å². The van der Waals surface area contributed by atoms with Crippen molar-refractivity contribution in [2.75, 3.05) is 13.1 Å². The molecule has 1 atom stereocenters. The molecule has 0 spiro atoms. The Bertz CT molecular complexity index is 1490. The molecule has 1 unspecified atom stereocenters. The van der Waals surface area contributed by atoms with E-state index in [0.717, 1.165) is 11.0 Å². The number of amides is 1. The molecule has 0 aliphatic carbocycles. The highest BCUT2D eigenvalue weighted by Gasteiger charge is 2.35. The van der Waals surface area contributed by atoms with Crippen LogP contribution in [0.2, 0.25) is 5.02 Å². The summed E-state index contributed by atoms with van der Waals surface area (Å²) in [5, 5.41) is 11.1. The van der Waals surface area contributed by atoms with Crippen molar-refractivity contribution in [1.82, 2.24) is 14.5 Å². The van der Waals surface area contributed by atoms with Crippen molar-refractivity contribution in [3.05, 3.63) is 105 Å². The van der Waals surface area contributed by atoms with Gasteiger partial charge in [-0.3, -0.25) is 14.2 Å². The number of carbonyl (C=O) groups is 2. The summed E-state index contributed by atoms with van der Waals surface area (Å²) in [5.41, 5.74) is 7.63. The van der Waals surface area contributed by atoms with Crippen molar-refractivity contribution < 1.29 is 14.7 Å². The monoisotopic (exact) mass is 516 g/mol. The number of carboxylic acids is 1. The number of fused-ring (bicyclic) bond motifs is 1. The van der Waals surface area contributed by atoms with Crippen LogP contribution in [0.3, 0.4) is 0 Å². The Kier molecular flexibility index (Phi) is 8.06. The van der Waals surface area contributed by atoms with Crippen LogP contribution in [0, 0.1) is 0 Å². The van der Waals surface area contributed by atoms with Gasteiger partial charge in [-0.2, -0.15) is 0 Å². The van der Waals surface area contributed by atoms with Crippen LogP contribution in [0.25, 0.3) is 10.9 Å². The van der Waals surface area contributed by atoms with Gasteiger partial charge in [0, 0.05) is 17.1 Å². The molecule has 0 bridgehead atoms. The van der Waals surface area contributed by atoms with Crippen LogP contribution in [0.5, 0.6) is 0 Å². The first-order valence-corrected chi connectivity index (χ1v) is 12.2. The van der Waals surface area contributed by atoms with E-state index >= 15 is 0 Å². The highest BCUT2D eigenvalue weighted by molar-refractivity contribution is 6.32. The molecule has 3 N–H and O–H groups in total. The lowest BCUT2D eigenvalue weighted by Gasteiger charge is -2.30. The average Bonchev–Trinajstić information content (AvgIpc) is 2.88. The molecule has 0 radical (unpaired) electrons. The molecule has 0 saturated heterocycles. The van der Waals surface area contributed by atoms with Crippen LogP contribution >= 0.6 is 11.6 Å². The zero-order valence-corrected chi connectivity index (χ0v) is 21.1. The Morgan fingerprint density at radius 3 is 2.43 bits per heavy atom. The maximum atomic E-state index is 13.7. The van der Waals surface area contributed by atoms with Gasteiger partial charge in [-0.15, -0.1) is 0 Å². The largest absolute Gasteiger partial charge is 0.479 e. The molecular weight excluding hydrogens is 491 g/mol. The summed E-state index contributed by atoms with van der Waals surface area (Å²) in [6.07, 6.45) is 0.365. The molecule has 188 valence electrons. The van der Waals surface area contributed by atoms with Gasteiger partial charge < -0.3 is 15.7 Å². The number of aliphatic carboxylic acids is 1. The Morgan fingerprint density at radius 1 is 1.08 bits per heavy atom. The summed E-state index contributed by atoms with van der Waals surface area (Å²) in [4.78, 5) is 45.9. The van der Waals surface area contributed by atoms with Gasteiger partial charge in [-0.25, -0.2) is 9.78 Å². The molecule has 0 aliphatic heterocycles. The molecule has 1 amide bonds. The second kappa shape index (κ2) is 11.4. The molecule has 0 aliphatic rings. The second-order valence-electron chi connectivity index (χ2n) is 8.76. The predicted octanol–water partition coefficient (Wildman–Crippen LogP) is 1.97. The smallest absolute Gasteiger partial charge is 0.334 e. The SMILES string of the molecule is Bc1ccc(C(=O)N(CCCN)C(C(=O)O)c2nc3cc(Cl)ccc3c(=O)n2Cc2ccccc2)cc1. The third-order valence-corrected chi connectivity index (χ3v) is 6.32. The Labute approximate surface area is 219 Å². The van der Waals surface area contributed by atoms with E-state index < -0.39 is 23.5 Å². The number of nitrogens with zero attached hydrogens (tertiary/aromatic N) is 3. The molecular formula is C27H26BClN4O4. The summed E-state index contributed by atoms with van der Waals surface area (Å²) in [5.74, 6) is -1.87. The quantitative estimate of drug-likeness (QED) is 0.328. The van der Waals surface area contributed by atoms with Gasteiger partial charge in [0.1, 0.15) is 13.7 Å². The van der Waals surface area contributed by atoms with E-state index in [-0.39, 0.29) is 31.0 Å². The third-order valence-electron chi connectivity index (χ3n) is 6.08. The molecule has 1 heterocycles. The van der Waals surface area contributed by atoms with Gasteiger partial charge in [0.25, 0.3) is 11.5 Å². The average molecular weight is 517 g/mol. The lowest BCUT2D eigenvalue weighted by atomic mass is 9.95. The molecule has 37 heavy (non-hydrogen) atoms. The molecule has 1 aromatic heterocycles. The Morgan fingerprint density at radius 2 is 1.78 bits per heavy atom. The standard InChI is InChI=1S/C27H26BClN4O4/c28-19-9-7-18(8-10-19)25(34)32(14-4-13-30)23(27(36)37)24-31-22-15-20(29)11-12-21(22)26(35)33(24)16-17-5-2-1-3-6-17/h1-3,5-12,15,23H,4,13-14,16,28,30H2,(H,36,37). The molecule has 8 nitrogen and oxygen atoms in total. The number of nitrogens with two attached hydrogens (primary N) is 1. The maximum Gasteiger partial charge on any atom is 0.334 e. The van der Waals surface area contributed by atoms with Gasteiger partial charge in [0.2, 0.25) is 0 Å². The van der Waals surface area contributed by atoms with Crippen LogP contribution in [-0.4, -0.2) is 52.4 Å². The van der Waals surface area contributed by atoms with E-state index in [0.29, 0.717) is 22.4 Å². The minimum Gasteiger partial charge on any atom is -0.479 e. The molecule has 4 rings (SSSR count). The fourth-order valence-electron chi connectivity index (χ4n) is 4.19. The maximum absolute atomic E-state index is 13.7. The number of carbonyl (C=O) groups excluding carboxylic acids is 1. The summed E-state index contributed by atoms with van der Waals surface area (Å²) >= 11 is 6.17. The van der Waals surface area contributed by atoms with Gasteiger partial charge in [-0.05, 0) is 36.7 Å². The highest BCUT2D eigenvalue weighted by atomic mass is 35.5. The molecule has 3 aromatic carbocycles. The normalized spacial score (nSPS) is 11.8. The summed E-state index contributed by atoms with van der Waals surface area (Å²) in [6, 6.07) is 19.2. The lowest BCUT2D eigenvalue weighted by Crippen LogP contribution is -2.43. The third kappa shape index (κ3) is 5.74. The van der Waals surface area contributed by atoms with Crippen molar-refractivity contribution in [3.8, 4) is 0 Å². The first kappa shape index (κ1) is 26.1. The summed E-state index contributed by atoms with van der Waals surface area (Å²) < 4.78 is 1.32. The van der Waals surface area contributed by atoms with Crippen LogP contribution < -0.4 is 16.8 Å². The fraction of sp³-hybridized carbons (Fsp3) is 0.185. The number of halogens is 1. The topological polar surface area (TPSA) is 119 Å². The van der Waals surface area contributed by atoms with Crippen LogP contribution in [0.15, 0.2) is 77.6 Å². The number of hydrogen-bond donors (Lipinski definition) is 2. The highest BCUT2D eigenvalue weighted by Crippen LogP contribution is 2.25. The number of benzene rings is 3. The van der Waals surface area contributed by atoms with Crippen molar-refractivity contribution >= 4 is 47.7 Å². The van der Waals surface area contributed by atoms with Crippen molar-refractivity contribution in [2.45, 2.75) is 19.0 Å². The lowest BCUT2D eigenvalue weighted by molar-refractivity contribution is -0.143. The van der Waals surface area contributed by atoms with E-state index in [1.165, 1.54) is 15.5 Å². The minimum atomic E-state index is -1.54. The van der Waals surface area contributed by atoms with Crippen LogP contribution in [0.4, 0.5) is 0 Å². The van der Waals surface area contributed by atoms with Crippen molar-refractivity contribution in [2.24, 2.45) is 5.73 Å². The van der Waals surface area contributed by atoms with E-state index in [2.05, 4.69) is 4.98 Å². The molecule has 10 heteroatoms. The Hall–Kier alpha value is -3.95. The number of carboxylic acid groups (broad SMARTS) is 1. The fourth-order valence-corrected chi connectivity index (χ4v) is 4.36. The molecule has 4 aromatic rings. The zero-order valence-electron chi connectivity index (χ0n) is 20.3. The van der Waals surface area contributed by atoms with Crippen LogP contribution in [-0.2, 0) is 11.3 Å². The van der Waals surface area contributed by atoms with Crippen molar-refractivity contribution in [1.29, 1.82) is 0 Å². The summed E-state index contributed by atoms with van der Waals surface area (Å²) in [7, 11) is 1.90. The molecule has 0 fully saturated rings. The number of hydrogen-bond acceptors (Lipinski definition) is 5. The first-order valence-electron chi connectivity index (χ1n) is 11.8.